The van der Waals surface area contributed by atoms with Crippen LogP contribution in [-0.4, -0.2) is 178 Å². The van der Waals surface area contributed by atoms with E-state index in [4.69, 9.17) is 52.6 Å². The second-order valence-corrected chi connectivity index (χ2v) is 29.0. The van der Waals surface area contributed by atoms with E-state index in [2.05, 4.69) is 37.2 Å². The quantitative estimate of drug-likeness (QED) is 0.0341. The number of aliphatic hydroxyl groups excluding tert-OH is 5. The van der Waals surface area contributed by atoms with E-state index in [0.29, 0.717) is 0 Å². The third-order valence-corrected chi connectivity index (χ3v) is 20.3. The van der Waals surface area contributed by atoms with Gasteiger partial charge in [-0.15, -0.1) is 0 Å². The number of hydrogen-bond acceptors (Lipinski definition) is 25. The molecular formula is C80H76Cl2N10O25. The van der Waals surface area contributed by atoms with Gasteiger partial charge in [0, 0.05) is 59.6 Å². The fourth-order valence-corrected chi connectivity index (χ4v) is 14.0. The van der Waals surface area contributed by atoms with Gasteiger partial charge in [-0.3, -0.25) is 53.3 Å². The largest absolute Gasteiger partial charge is 0.508 e. The van der Waals surface area contributed by atoms with Gasteiger partial charge in [0.1, 0.15) is 108 Å². The molecule has 0 spiro atoms. The Morgan fingerprint density at radius 2 is 1.21 bits per heavy atom. The van der Waals surface area contributed by atoms with Crippen LogP contribution in [0.25, 0.3) is 11.1 Å². The molecule has 0 aromatic heterocycles. The molecule has 0 aliphatic carbocycles. The lowest BCUT2D eigenvalue weighted by molar-refractivity contribution is -0.384. The SMILES string of the molecule is CC(C)C[C@H](C(=O)N[C@H]1C(=O)N[C@@H](CC(N)=O)C(=O)N[C@H]2C(=O)N[C@H]3C(=O)N[C@H](C(=O)N[C@H](C(=O)OCc4ccc([N+](=O)[O-])cc4)c4cc(O)cc(O)c4-c4cc3ccc4O)[C@H](O)c3ccc(c(Cl)c3)Oc3cc2cc(c3O[C@@H]2O[C@H](CNC(=O)c3ccccc3)[C@@H](O)[C@H](O)[C@H]2O)Oc2ccc(cc2Cl)[C@H]1O)N(C)C(=O)c1ccccc1. The van der Waals surface area contributed by atoms with Crippen molar-refractivity contribution in [3.63, 3.8) is 0 Å². The Morgan fingerprint density at radius 3 is 1.82 bits per heavy atom. The number of phenols is 3. The van der Waals surface area contributed by atoms with Crippen LogP contribution in [0.2, 0.25) is 10.0 Å². The molecule has 6 aliphatic heterocycles. The maximum absolute atomic E-state index is 16.3. The smallest absolute Gasteiger partial charge is 0.333 e. The number of nitrogens with two attached hydrogens (primary N) is 1. The zero-order valence-electron chi connectivity index (χ0n) is 61.8. The second-order valence-electron chi connectivity index (χ2n) is 28.2. The predicted molar refractivity (Wildman–Crippen MR) is 409 cm³/mol. The van der Waals surface area contributed by atoms with Crippen LogP contribution in [-0.2, 0) is 54.4 Å². The molecule has 35 nitrogen and oxygen atoms in total. The minimum absolute atomic E-state index is 0.0363. The number of hydrogen-bond donors (Lipinski definition) is 16. The van der Waals surface area contributed by atoms with Crippen LogP contribution in [0.15, 0.2) is 164 Å². The van der Waals surface area contributed by atoms with Crippen molar-refractivity contribution >= 4 is 88.0 Å². The highest BCUT2D eigenvalue weighted by molar-refractivity contribution is 6.32. The summed E-state index contributed by atoms with van der Waals surface area (Å²) >= 11 is 14.2. The van der Waals surface area contributed by atoms with Crippen molar-refractivity contribution in [3.8, 4) is 57.1 Å². The number of halogens is 2. The van der Waals surface area contributed by atoms with Gasteiger partial charge in [-0.05, 0) is 131 Å². The molecule has 1 saturated heterocycles. The molecule has 610 valence electrons. The van der Waals surface area contributed by atoms with Gasteiger partial charge in [-0.1, -0.05) is 91.6 Å². The number of carbonyl (C=O) groups is 10. The molecule has 1 fully saturated rings. The normalized spacial score (nSPS) is 22.8. The lowest BCUT2D eigenvalue weighted by Gasteiger charge is -2.40. The lowest BCUT2D eigenvalue weighted by Crippen LogP contribution is -2.61. The summed E-state index contributed by atoms with van der Waals surface area (Å²) in [4.78, 5) is 161. The van der Waals surface area contributed by atoms with E-state index < -0.39 is 253 Å². The number of benzene rings is 8. The Labute approximate surface area is 673 Å². The van der Waals surface area contributed by atoms with Gasteiger partial charge < -0.3 is 112 Å². The molecular weight excluding hydrogens is 1570 g/mol. The van der Waals surface area contributed by atoms with E-state index in [1.54, 1.807) is 50.2 Å². The van der Waals surface area contributed by atoms with E-state index in [-0.39, 0.29) is 45.8 Å². The van der Waals surface area contributed by atoms with Crippen molar-refractivity contribution in [2.45, 2.75) is 119 Å². The molecule has 11 bridgehead atoms. The number of ether oxygens (including phenoxy) is 5. The number of likely N-dealkylation sites (N-methyl/N-ethyl adjacent to an activating group) is 1. The van der Waals surface area contributed by atoms with Gasteiger partial charge in [0.2, 0.25) is 53.4 Å². The van der Waals surface area contributed by atoms with Gasteiger partial charge in [-0.2, -0.15) is 0 Å². The fraction of sp³-hybridized carbons (Fsp3) is 0.275. The van der Waals surface area contributed by atoms with Crippen LogP contribution in [0.3, 0.4) is 0 Å². The van der Waals surface area contributed by atoms with Crippen LogP contribution >= 0.6 is 23.2 Å². The number of fused-ring (bicyclic) bond motifs is 15. The molecule has 8 aromatic carbocycles. The predicted octanol–water partition coefficient (Wildman–Crippen LogP) is 4.43. The Hall–Kier alpha value is -13.0. The Morgan fingerprint density at radius 1 is 0.624 bits per heavy atom. The highest BCUT2D eigenvalue weighted by Crippen LogP contribution is 2.50. The second kappa shape index (κ2) is 35.4. The minimum atomic E-state index is -2.41. The van der Waals surface area contributed by atoms with E-state index in [1.807, 2.05) is 0 Å². The third-order valence-electron chi connectivity index (χ3n) is 19.7. The Balaban J connectivity index is 1.04. The summed E-state index contributed by atoms with van der Waals surface area (Å²) in [6.07, 6.45) is -15.8. The van der Waals surface area contributed by atoms with Gasteiger partial charge >= 0.3 is 5.97 Å². The maximum atomic E-state index is 16.3. The number of nitro benzene ring substituents is 1. The molecule has 9 amide bonds. The molecule has 17 N–H and O–H groups in total. The molecule has 8 aromatic rings. The highest BCUT2D eigenvalue weighted by Gasteiger charge is 2.48. The number of rotatable bonds is 17. The summed E-state index contributed by atoms with van der Waals surface area (Å²) in [5, 5.41) is 123. The van der Waals surface area contributed by atoms with Gasteiger partial charge in [0.25, 0.3) is 17.5 Å². The van der Waals surface area contributed by atoms with Crippen molar-refractivity contribution in [1.29, 1.82) is 0 Å². The monoisotopic (exact) mass is 1650 g/mol. The molecule has 0 unspecified atom stereocenters. The first kappa shape index (κ1) is 83.4. The standard InChI is InChI=1S/C80H76Cl2N10O25/c1-35(2)24-50(91(3)78(109)38-12-8-5-9-13-38)73(104)89-63-65(97)40-17-22-53(47(81)26-40)114-55-28-42-29-56(70(55)117-80-69(101)68(100)67(99)57(116-80)33-84-71(102)37-10-6-4-7-11-37)115-54-23-18-41(27-48(54)82)66(98)64-77(108)88-62(79(110)113-34-36-14-19-43(20-15-36)92(111)112)46-30-44(93)31-52(95)59(46)45-25-39(16-21-51(45)94)60(74(105)90-64)87-75(106)61(42)86-72(103)49(32-58(83)96)85-76(63)107/h4-23,25-31,35,49-50,57,60-69,80,93-95,97-101H,24,32-34H2,1-3H3,(H2,83,96)(H,84,102)(H,85,107)(H,86,103)(H,87,106)(H,88,108)(H,89,104)(H,90,105)/t49-,50+,57+,60+,61+,62-,63+,64-,65+,66+,67+,68-,69+,80-/m0/s1. The van der Waals surface area contributed by atoms with E-state index >= 15 is 24.0 Å². The lowest BCUT2D eigenvalue weighted by atomic mass is 9.89. The topological polar surface area (TPSA) is 535 Å². The molecule has 37 heteroatoms. The van der Waals surface area contributed by atoms with Crippen molar-refractivity contribution in [3.05, 3.63) is 228 Å². The van der Waals surface area contributed by atoms with Gasteiger partial charge in [0.15, 0.2) is 17.5 Å². The molecule has 14 rings (SSSR count). The number of esters is 1. The molecule has 117 heavy (non-hydrogen) atoms. The number of nitro groups is 1. The third kappa shape index (κ3) is 18.5. The Bertz CT molecular complexity index is 5220. The number of amides is 9. The van der Waals surface area contributed by atoms with Gasteiger partial charge in [-0.25, -0.2) is 4.79 Å². The number of aliphatic hydroxyl groups is 5. The summed E-state index contributed by atoms with van der Waals surface area (Å²) < 4.78 is 31.5. The number of primary amides is 1. The summed E-state index contributed by atoms with van der Waals surface area (Å²) in [5.41, 5.74) is 2.99. The summed E-state index contributed by atoms with van der Waals surface area (Å²) in [7, 11) is 1.34. The molecule has 6 aliphatic rings. The van der Waals surface area contributed by atoms with E-state index in [0.717, 1.165) is 89.8 Å². The van der Waals surface area contributed by atoms with Gasteiger partial charge in [0.05, 0.1) is 21.4 Å². The van der Waals surface area contributed by atoms with E-state index in [9.17, 15) is 74.9 Å². The van der Waals surface area contributed by atoms with Crippen molar-refractivity contribution in [2.75, 3.05) is 13.6 Å². The first-order valence-electron chi connectivity index (χ1n) is 36.1. The highest BCUT2D eigenvalue weighted by atomic mass is 35.5. The van der Waals surface area contributed by atoms with Crippen molar-refractivity contribution in [1.82, 2.24) is 42.1 Å². The molecule has 0 saturated carbocycles. The number of nitrogens with one attached hydrogen (secondary N) is 7. The molecule has 6 heterocycles. The molecule has 0 radical (unpaired) electrons. The maximum Gasteiger partial charge on any atom is 0.333 e. The minimum Gasteiger partial charge on any atom is -0.508 e. The first-order valence-corrected chi connectivity index (χ1v) is 36.9. The average molecular weight is 1650 g/mol. The van der Waals surface area contributed by atoms with E-state index in [1.165, 1.54) is 49.5 Å². The summed E-state index contributed by atoms with van der Waals surface area (Å²) in [5.74, 6) is -17.9. The zero-order valence-corrected chi connectivity index (χ0v) is 63.3. The number of carbonyl (C=O) groups excluding carboxylic acids is 10. The van der Waals surface area contributed by atoms with Crippen LogP contribution in [0, 0.1) is 16.0 Å². The molecule has 14 atom stereocenters. The number of non-ortho nitro benzene ring substituents is 1. The summed E-state index contributed by atoms with van der Waals surface area (Å²) in [6, 6.07) is 18.7. The fourth-order valence-electron chi connectivity index (χ4n) is 13.6. The number of phenolic OH excluding ortho intramolecular Hbond substituents is 3. The van der Waals surface area contributed by atoms with Crippen molar-refractivity contribution < 1.29 is 117 Å². The van der Waals surface area contributed by atoms with Crippen LogP contribution in [0.4, 0.5) is 5.69 Å². The number of nitrogens with zero attached hydrogens (tertiary/aromatic N) is 2. The van der Waals surface area contributed by atoms with Crippen LogP contribution in [0.5, 0.6) is 46.0 Å². The van der Waals surface area contributed by atoms with Crippen molar-refractivity contribution in [2.24, 2.45) is 11.7 Å². The summed E-state index contributed by atoms with van der Waals surface area (Å²) in [6.45, 7) is 2.30. The first-order chi connectivity index (χ1) is 55.7. The number of aromatic hydroxyl groups is 3. The van der Waals surface area contributed by atoms with Crippen LogP contribution in [0.1, 0.15) is 111 Å². The zero-order chi connectivity index (χ0) is 84.1. The average Bonchev–Trinajstić information content (AvgIpc) is 0.770. The van der Waals surface area contributed by atoms with Crippen LogP contribution < -0.4 is 57.2 Å². The Kier molecular flexibility index (Phi) is 25.2.